The molecular formula is C54H46N4O8. The van der Waals surface area contributed by atoms with E-state index in [2.05, 4.69) is 9.97 Å². The number of aromatic nitrogens is 4. The molecule has 0 atom stereocenters. The van der Waals surface area contributed by atoms with Gasteiger partial charge in [0.15, 0.2) is 0 Å². The van der Waals surface area contributed by atoms with E-state index in [-0.39, 0.29) is 13.2 Å². The minimum absolute atomic E-state index is 0.269. The molecule has 12 heteroatoms. The van der Waals surface area contributed by atoms with Crippen LogP contribution in [0.15, 0.2) is 109 Å². The Balaban J connectivity index is 1.43. The third-order valence-corrected chi connectivity index (χ3v) is 11.5. The zero-order valence-electron chi connectivity index (χ0n) is 37.3. The van der Waals surface area contributed by atoms with E-state index in [9.17, 15) is 9.59 Å². The number of fused-ring (bicyclic) bond motifs is 8. The molecule has 2 aliphatic heterocycles. The van der Waals surface area contributed by atoms with E-state index in [0.717, 1.165) is 66.6 Å². The molecule has 0 saturated heterocycles. The van der Waals surface area contributed by atoms with Gasteiger partial charge >= 0.3 is 11.9 Å². The van der Waals surface area contributed by atoms with Crippen molar-refractivity contribution in [2.75, 3.05) is 41.7 Å². The SMILES string of the molecule is CCOC(=O)c1ccc(-c2c3nc(c(-c4ccc(OC)cc4OC)c4ccc([nH]4)c(-c4ccc(C(=O)OCC)cc4)c4nc(c(-c5ccc(OC)cc5OC)c5ccc2[nH]5)C=C4)C=C3)cc1. The van der Waals surface area contributed by atoms with Crippen molar-refractivity contribution in [1.29, 1.82) is 0 Å². The average molecular weight is 879 g/mol. The number of hydrogen-bond donors (Lipinski definition) is 2. The number of nitrogens with one attached hydrogen (secondary N) is 2. The highest BCUT2D eigenvalue weighted by molar-refractivity contribution is 6.01. The van der Waals surface area contributed by atoms with Crippen LogP contribution in [-0.4, -0.2) is 73.5 Å². The smallest absolute Gasteiger partial charge is 0.338 e. The fourth-order valence-corrected chi connectivity index (χ4v) is 8.36. The van der Waals surface area contributed by atoms with Gasteiger partial charge < -0.3 is 38.4 Å². The fraction of sp³-hybridized carbons (Fsp3) is 0.148. The Morgan fingerprint density at radius 1 is 0.439 bits per heavy atom. The van der Waals surface area contributed by atoms with E-state index >= 15 is 0 Å². The predicted molar refractivity (Wildman–Crippen MR) is 259 cm³/mol. The third kappa shape index (κ3) is 8.04. The van der Waals surface area contributed by atoms with Gasteiger partial charge in [0.1, 0.15) is 23.0 Å². The number of methoxy groups -OCH3 is 4. The van der Waals surface area contributed by atoms with Crippen LogP contribution in [0.5, 0.6) is 23.0 Å². The minimum atomic E-state index is -0.399. The average Bonchev–Trinajstić information content (AvgIpc) is 4.21. The number of hydrogen-bond acceptors (Lipinski definition) is 10. The Hall–Kier alpha value is -8.38. The topological polar surface area (TPSA) is 147 Å². The van der Waals surface area contributed by atoms with Gasteiger partial charge in [-0.05, 0) is 122 Å². The van der Waals surface area contributed by atoms with Crippen molar-refractivity contribution in [3.63, 3.8) is 0 Å². The molecule has 8 bridgehead atoms. The van der Waals surface area contributed by atoms with E-state index in [0.29, 0.717) is 56.9 Å². The van der Waals surface area contributed by atoms with E-state index in [1.165, 1.54) is 0 Å². The van der Waals surface area contributed by atoms with Gasteiger partial charge in [-0.15, -0.1) is 0 Å². The van der Waals surface area contributed by atoms with Crippen molar-refractivity contribution in [2.45, 2.75) is 13.8 Å². The van der Waals surface area contributed by atoms with Crippen LogP contribution in [0.4, 0.5) is 0 Å². The van der Waals surface area contributed by atoms with Crippen molar-refractivity contribution >= 4 is 58.3 Å². The van der Waals surface area contributed by atoms with E-state index in [1.54, 1.807) is 66.6 Å². The first-order chi connectivity index (χ1) is 32.2. The van der Waals surface area contributed by atoms with Crippen LogP contribution in [0.3, 0.4) is 0 Å². The van der Waals surface area contributed by atoms with Crippen molar-refractivity contribution < 1.29 is 38.0 Å². The van der Waals surface area contributed by atoms with Gasteiger partial charge in [0.05, 0.1) is 75.6 Å². The fourth-order valence-electron chi connectivity index (χ4n) is 8.36. The Labute approximate surface area is 381 Å². The second-order valence-corrected chi connectivity index (χ2v) is 15.2. The van der Waals surface area contributed by atoms with Crippen LogP contribution in [0, 0.1) is 0 Å². The van der Waals surface area contributed by atoms with Gasteiger partial charge in [-0.25, -0.2) is 19.6 Å². The van der Waals surface area contributed by atoms with Gasteiger partial charge in [-0.1, -0.05) is 24.3 Å². The Kier molecular flexibility index (Phi) is 11.9. The normalized spacial score (nSPS) is 11.6. The Bertz CT molecular complexity index is 3030. The monoisotopic (exact) mass is 878 g/mol. The highest BCUT2D eigenvalue weighted by Crippen LogP contribution is 2.43. The van der Waals surface area contributed by atoms with Crippen LogP contribution in [-0.2, 0) is 9.47 Å². The molecule has 330 valence electrons. The molecule has 7 aromatic rings. The third-order valence-electron chi connectivity index (χ3n) is 11.5. The maximum absolute atomic E-state index is 12.8. The molecule has 0 spiro atoms. The largest absolute Gasteiger partial charge is 0.497 e. The van der Waals surface area contributed by atoms with Crippen LogP contribution in [0.25, 0.3) is 90.9 Å². The Morgan fingerprint density at radius 3 is 1.12 bits per heavy atom. The lowest BCUT2D eigenvalue weighted by Gasteiger charge is -2.12. The molecule has 2 aliphatic rings. The number of carbonyl (C=O) groups is 2. The number of aromatic amines is 2. The summed E-state index contributed by atoms with van der Waals surface area (Å²) >= 11 is 0. The summed E-state index contributed by atoms with van der Waals surface area (Å²) < 4.78 is 33.8. The molecule has 2 N–H and O–H groups in total. The van der Waals surface area contributed by atoms with E-state index in [1.807, 2.05) is 109 Å². The summed E-state index contributed by atoms with van der Waals surface area (Å²) in [6.07, 6.45) is 7.97. The predicted octanol–water partition coefficient (Wildman–Crippen LogP) is 11.7. The summed E-state index contributed by atoms with van der Waals surface area (Å²) in [4.78, 5) is 43.8. The Morgan fingerprint density at radius 2 is 0.788 bits per heavy atom. The molecule has 12 nitrogen and oxygen atoms in total. The number of carbonyl (C=O) groups excluding carboxylic acids is 2. The summed E-state index contributed by atoms with van der Waals surface area (Å²) in [6, 6.07) is 34.2. The first kappa shape index (κ1) is 42.9. The van der Waals surface area contributed by atoms with Crippen molar-refractivity contribution in [3.05, 3.63) is 143 Å². The molecule has 0 radical (unpaired) electrons. The van der Waals surface area contributed by atoms with Gasteiger partial charge in [0, 0.05) is 67.6 Å². The second kappa shape index (κ2) is 18.4. The number of H-pyrrole nitrogens is 2. The number of esters is 2. The lowest BCUT2D eigenvalue weighted by atomic mass is 10.0. The van der Waals surface area contributed by atoms with Crippen LogP contribution >= 0.6 is 0 Å². The number of rotatable bonds is 12. The van der Waals surface area contributed by atoms with Crippen LogP contribution in [0.1, 0.15) is 57.3 Å². The molecule has 0 unspecified atom stereocenters. The molecule has 4 aromatic carbocycles. The zero-order chi connectivity index (χ0) is 45.9. The summed E-state index contributed by atoms with van der Waals surface area (Å²) in [5, 5.41) is 0. The maximum Gasteiger partial charge on any atom is 0.338 e. The number of benzene rings is 4. The van der Waals surface area contributed by atoms with Gasteiger partial charge in [0.25, 0.3) is 0 Å². The molecular weight excluding hydrogens is 833 g/mol. The van der Waals surface area contributed by atoms with E-state index in [4.69, 9.17) is 38.4 Å². The minimum Gasteiger partial charge on any atom is -0.497 e. The van der Waals surface area contributed by atoms with Crippen molar-refractivity contribution in [2.24, 2.45) is 0 Å². The molecule has 0 saturated carbocycles. The quantitative estimate of drug-likeness (QED) is 0.114. The van der Waals surface area contributed by atoms with Crippen LogP contribution in [0.2, 0.25) is 0 Å². The van der Waals surface area contributed by atoms with E-state index < -0.39 is 11.9 Å². The summed E-state index contributed by atoms with van der Waals surface area (Å²) in [7, 11) is 6.49. The molecule has 9 rings (SSSR count). The molecule has 5 heterocycles. The summed E-state index contributed by atoms with van der Waals surface area (Å²) in [5.74, 6) is 1.66. The van der Waals surface area contributed by atoms with Crippen molar-refractivity contribution in [1.82, 2.24) is 19.9 Å². The molecule has 66 heavy (non-hydrogen) atoms. The lowest BCUT2D eigenvalue weighted by molar-refractivity contribution is 0.0517. The van der Waals surface area contributed by atoms with Gasteiger partial charge in [-0.2, -0.15) is 0 Å². The lowest BCUT2D eigenvalue weighted by Crippen LogP contribution is -2.04. The highest BCUT2D eigenvalue weighted by Gasteiger charge is 2.22. The summed E-state index contributed by atoms with van der Waals surface area (Å²) in [5.41, 5.74) is 13.0. The number of nitrogens with zero attached hydrogens (tertiary/aromatic N) is 2. The summed E-state index contributed by atoms with van der Waals surface area (Å²) in [6.45, 7) is 4.10. The number of ether oxygens (including phenoxy) is 6. The first-order valence-electron chi connectivity index (χ1n) is 21.4. The van der Waals surface area contributed by atoms with Crippen LogP contribution < -0.4 is 18.9 Å². The van der Waals surface area contributed by atoms with Gasteiger partial charge in [-0.3, -0.25) is 0 Å². The zero-order valence-corrected chi connectivity index (χ0v) is 37.3. The molecule has 0 aliphatic carbocycles. The van der Waals surface area contributed by atoms with Crippen molar-refractivity contribution in [3.8, 4) is 67.5 Å². The maximum atomic E-state index is 12.8. The first-order valence-corrected chi connectivity index (χ1v) is 21.4. The highest BCUT2D eigenvalue weighted by atomic mass is 16.5. The standard InChI is InChI=1S/C54H46N4O8/c1-7-65-53(59)33-13-9-31(10-14-33)49-39-21-25-43(55-39)51(37-19-17-35(61-3)29-47(37)63-5)45-27-23-41(57-45)50(32-11-15-34(16-12-32)54(60)66-8-2)42-24-28-46(58-42)52(44-26-22-40(49)56-44)38-20-18-36(62-4)30-48(38)64-6/h9-30,55,58H,7-8H2,1-6H3. The molecule has 0 amide bonds. The van der Waals surface area contributed by atoms with Gasteiger partial charge in [0.2, 0.25) is 0 Å². The molecule has 3 aromatic heterocycles. The molecule has 0 fully saturated rings. The second-order valence-electron chi connectivity index (χ2n) is 15.2.